The lowest BCUT2D eigenvalue weighted by Gasteiger charge is -1.98. The van der Waals surface area contributed by atoms with E-state index in [1.807, 2.05) is 0 Å². The molecule has 17 heavy (non-hydrogen) atoms. The van der Waals surface area contributed by atoms with Crippen molar-refractivity contribution in [3.8, 4) is 5.69 Å². The molecule has 2 rings (SSSR count). The zero-order valence-corrected chi connectivity index (χ0v) is 8.95. The van der Waals surface area contributed by atoms with E-state index in [-0.39, 0.29) is 12.5 Å². The Morgan fingerprint density at radius 2 is 2.18 bits per heavy atom. The van der Waals surface area contributed by atoms with E-state index < -0.39 is 0 Å². The van der Waals surface area contributed by atoms with Crippen molar-refractivity contribution in [3.63, 3.8) is 0 Å². The van der Waals surface area contributed by atoms with Crippen LogP contribution in [0.4, 0.5) is 0 Å². The number of nitrogens with zero attached hydrogens (tertiary/aromatic N) is 5. The first-order valence-corrected chi connectivity index (χ1v) is 4.93. The topological polar surface area (TPSA) is 112 Å². The fraction of sp³-hybridized carbons (Fsp3) is 0.222. The molecule has 0 atom stereocenters. The standard InChI is InChI=1S/C9H11N7O/c10-1-9(17)13-2-7-5-16(15-14-7)8-3-11-6-12-4-8/h3-6H,1-2,10H2,(H,13,17). The number of nitrogens with two attached hydrogens (primary N) is 1. The summed E-state index contributed by atoms with van der Waals surface area (Å²) in [5, 5.41) is 10.4. The maximum absolute atomic E-state index is 11.0. The SMILES string of the molecule is NCC(=O)NCc1cn(-c2cncnc2)nn1. The average molecular weight is 233 g/mol. The Hall–Kier alpha value is -2.35. The zero-order chi connectivity index (χ0) is 12.1. The monoisotopic (exact) mass is 233 g/mol. The second kappa shape index (κ2) is 5.12. The molecule has 0 aliphatic carbocycles. The van der Waals surface area contributed by atoms with Crippen molar-refractivity contribution < 1.29 is 4.79 Å². The molecule has 3 N–H and O–H groups in total. The van der Waals surface area contributed by atoms with Gasteiger partial charge in [0.2, 0.25) is 5.91 Å². The predicted molar refractivity (Wildman–Crippen MR) is 57.9 cm³/mol. The van der Waals surface area contributed by atoms with Gasteiger partial charge in [-0.2, -0.15) is 0 Å². The molecule has 8 heteroatoms. The maximum atomic E-state index is 11.0. The molecular formula is C9H11N7O. The van der Waals surface area contributed by atoms with Crippen LogP contribution in [0.2, 0.25) is 0 Å². The second-order valence-electron chi connectivity index (χ2n) is 3.23. The minimum absolute atomic E-state index is 0.0410. The molecule has 0 saturated heterocycles. The Labute approximate surface area is 96.9 Å². The normalized spacial score (nSPS) is 10.2. The first kappa shape index (κ1) is 11.1. The van der Waals surface area contributed by atoms with E-state index in [4.69, 9.17) is 5.73 Å². The van der Waals surface area contributed by atoms with Crippen LogP contribution >= 0.6 is 0 Å². The third-order valence-electron chi connectivity index (χ3n) is 2.00. The highest BCUT2D eigenvalue weighted by Crippen LogP contribution is 2.02. The number of aromatic nitrogens is 5. The van der Waals surface area contributed by atoms with E-state index in [0.29, 0.717) is 17.9 Å². The molecular weight excluding hydrogens is 222 g/mol. The molecule has 0 radical (unpaired) electrons. The molecule has 88 valence electrons. The summed E-state index contributed by atoms with van der Waals surface area (Å²) in [6.45, 7) is 0.254. The van der Waals surface area contributed by atoms with Crippen LogP contribution in [-0.2, 0) is 11.3 Å². The number of hydrogen-bond acceptors (Lipinski definition) is 6. The minimum Gasteiger partial charge on any atom is -0.349 e. The summed E-state index contributed by atoms with van der Waals surface area (Å²) in [6, 6.07) is 0. The smallest absolute Gasteiger partial charge is 0.234 e. The Morgan fingerprint density at radius 3 is 2.88 bits per heavy atom. The number of hydrogen-bond donors (Lipinski definition) is 2. The first-order valence-electron chi connectivity index (χ1n) is 4.93. The fourth-order valence-corrected chi connectivity index (χ4v) is 1.18. The molecule has 2 aromatic rings. The van der Waals surface area contributed by atoms with Gasteiger partial charge in [-0.1, -0.05) is 5.21 Å². The minimum atomic E-state index is -0.234. The molecule has 8 nitrogen and oxygen atoms in total. The highest BCUT2D eigenvalue weighted by atomic mass is 16.1. The fourth-order valence-electron chi connectivity index (χ4n) is 1.18. The van der Waals surface area contributed by atoms with Crippen molar-refractivity contribution >= 4 is 5.91 Å². The van der Waals surface area contributed by atoms with Crippen LogP contribution in [0, 0.1) is 0 Å². The van der Waals surface area contributed by atoms with E-state index in [2.05, 4.69) is 25.6 Å². The number of carbonyl (C=O) groups is 1. The molecule has 1 amide bonds. The van der Waals surface area contributed by atoms with Crippen LogP contribution in [0.3, 0.4) is 0 Å². The van der Waals surface area contributed by atoms with Gasteiger partial charge < -0.3 is 11.1 Å². The molecule has 0 saturated carbocycles. The number of carbonyl (C=O) groups excluding carboxylic acids is 1. The first-order chi connectivity index (χ1) is 8.29. The summed E-state index contributed by atoms with van der Waals surface area (Å²) < 4.78 is 1.53. The van der Waals surface area contributed by atoms with Crippen LogP contribution < -0.4 is 11.1 Å². The lowest BCUT2D eigenvalue weighted by molar-refractivity contribution is -0.119. The average Bonchev–Trinajstić information content (AvgIpc) is 2.86. The highest BCUT2D eigenvalue weighted by molar-refractivity contribution is 5.77. The van der Waals surface area contributed by atoms with Crippen LogP contribution in [0.15, 0.2) is 24.9 Å². The van der Waals surface area contributed by atoms with E-state index in [1.165, 1.54) is 11.0 Å². The van der Waals surface area contributed by atoms with Gasteiger partial charge in [0.15, 0.2) is 0 Å². The largest absolute Gasteiger partial charge is 0.349 e. The summed E-state index contributed by atoms with van der Waals surface area (Å²) in [6.07, 6.45) is 6.35. The third-order valence-corrected chi connectivity index (χ3v) is 2.00. The van der Waals surface area contributed by atoms with Crippen molar-refractivity contribution in [2.24, 2.45) is 5.73 Å². The third kappa shape index (κ3) is 2.82. The molecule has 0 bridgehead atoms. The van der Waals surface area contributed by atoms with Gasteiger partial charge >= 0.3 is 0 Å². The van der Waals surface area contributed by atoms with Crippen molar-refractivity contribution in [1.82, 2.24) is 30.3 Å². The maximum Gasteiger partial charge on any atom is 0.234 e. The molecule has 2 heterocycles. The molecule has 0 unspecified atom stereocenters. The van der Waals surface area contributed by atoms with Crippen molar-refractivity contribution in [1.29, 1.82) is 0 Å². The number of rotatable bonds is 4. The van der Waals surface area contributed by atoms with Gasteiger partial charge in [-0.05, 0) is 0 Å². The van der Waals surface area contributed by atoms with Crippen molar-refractivity contribution in [2.45, 2.75) is 6.54 Å². The van der Waals surface area contributed by atoms with Crippen molar-refractivity contribution in [2.75, 3.05) is 6.54 Å². The lowest BCUT2D eigenvalue weighted by Crippen LogP contribution is -2.29. The Morgan fingerprint density at radius 1 is 1.41 bits per heavy atom. The van der Waals surface area contributed by atoms with Gasteiger partial charge in [-0.15, -0.1) is 5.10 Å². The molecule has 0 fully saturated rings. The second-order valence-corrected chi connectivity index (χ2v) is 3.23. The van der Waals surface area contributed by atoms with Gasteiger partial charge in [-0.3, -0.25) is 4.79 Å². The van der Waals surface area contributed by atoms with Gasteiger partial charge in [0.05, 0.1) is 31.7 Å². The zero-order valence-electron chi connectivity index (χ0n) is 8.95. The van der Waals surface area contributed by atoms with Crippen molar-refractivity contribution in [3.05, 3.63) is 30.6 Å². The van der Waals surface area contributed by atoms with Gasteiger partial charge in [0.1, 0.15) is 17.7 Å². The van der Waals surface area contributed by atoms with Crippen LogP contribution in [-0.4, -0.2) is 37.4 Å². The Kier molecular flexibility index (Phi) is 3.36. The summed E-state index contributed by atoms with van der Waals surface area (Å²) in [5.74, 6) is -0.234. The Bertz CT molecular complexity index is 495. The summed E-state index contributed by atoms with van der Waals surface area (Å²) in [7, 11) is 0. The van der Waals surface area contributed by atoms with E-state index in [1.54, 1.807) is 18.6 Å². The van der Waals surface area contributed by atoms with E-state index in [0.717, 1.165) is 0 Å². The quantitative estimate of drug-likeness (QED) is 0.674. The molecule has 0 aliphatic heterocycles. The van der Waals surface area contributed by atoms with Crippen LogP contribution in [0.25, 0.3) is 5.69 Å². The van der Waals surface area contributed by atoms with Gasteiger partial charge in [0, 0.05) is 0 Å². The molecule has 0 aromatic carbocycles. The number of amides is 1. The highest BCUT2D eigenvalue weighted by Gasteiger charge is 2.04. The predicted octanol–water partition coefficient (Wildman–Crippen LogP) is -1.37. The van der Waals surface area contributed by atoms with Crippen LogP contribution in [0.1, 0.15) is 5.69 Å². The number of nitrogens with one attached hydrogen (secondary N) is 1. The molecule has 2 aromatic heterocycles. The summed E-state index contributed by atoms with van der Waals surface area (Å²) in [5.41, 5.74) is 6.50. The van der Waals surface area contributed by atoms with E-state index >= 15 is 0 Å². The lowest BCUT2D eigenvalue weighted by atomic mass is 10.4. The van der Waals surface area contributed by atoms with Gasteiger partial charge in [-0.25, -0.2) is 14.6 Å². The summed E-state index contributed by atoms with van der Waals surface area (Å²) >= 11 is 0. The Balaban J connectivity index is 2.04. The van der Waals surface area contributed by atoms with Crippen LogP contribution in [0.5, 0.6) is 0 Å². The summed E-state index contributed by atoms with van der Waals surface area (Å²) in [4.78, 5) is 18.7. The molecule has 0 spiro atoms. The molecule has 0 aliphatic rings. The van der Waals surface area contributed by atoms with Gasteiger partial charge in [0.25, 0.3) is 0 Å². The van der Waals surface area contributed by atoms with E-state index in [9.17, 15) is 4.79 Å².